The standard InChI is InChI=1S/C20H15F3N2O4/c1-12-2-9-17(26-12)16-8-7-15(11-24-16)27-19-10-18(29-25-19)13-3-5-14(6-4-13)28-20(21,22)23/h2-11,18,25H,1H3. The molecule has 0 saturated carbocycles. The topological polar surface area (TPSA) is 65.8 Å². The first-order valence-corrected chi connectivity index (χ1v) is 8.56. The number of pyridine rings is 1. The Morgan fingerprint density at radius 3 is 2.38 bits per heavy atom. The van der Waals surface area contributed by atoms with Gasteiger partial charge in [-0.1, -0.05) is 12.1 Å². The van der Waals surface area contributed by atoms with E-state index in [1.807, 2.05) is 19.1 Å². The summed E-state index contributed by atoms with van der Waals surface area (Å²) in [7, 11) is 0. The molecule has 1 aliphatic rings. The Morgan fingerprint density at radius 2 is 1.76 bits per heavy atom. The van der Waals surface area contributed by atoms with Gasteiger partial charge in [0.2, 0.25) is 5.88 Å². The summed E-state index contributed by atoms with van der Waals surface area (Å²) in [4.78, 5) is 9.69. The summed E-state index contributed by atoms with van der Waals surface area (Å²) in [6.45, 7) is 1.85. The molecule has 9 heteroatoms. The number of nitrogens with one attached hydrogen (secondary N) is 1. The summed E-state index contributed by atoms with van der Waals surface area (Å²) in [5.41, 5.74) is 3.94. The Kier molecular flexibility index (Phi) is 4.89. The average molecular weight is 404 g/mol. The Balaban J connectivity index is 1.40. The van der Waals surface area contributed by atoms with Gasteiger partial charge in [-0.3, -0.25) is 4.84 Å². The van der Waals surface area contributed by atoms with Crippen LogP contribution in [0.2, 0.25) is 0 Å². The van der Waals surface area contributed by atoms with Crippen molar-refractivity contribution in [2.24, 2.45) is 0 Å². The molecule has 150 valence electrons. The van der Waals surface area contributed by atoms with Crippen LogP contribution in [-0.4, -0.2) is 11.3 Å². The molecule has 2 aromatic heterocycles. The molecule has 0 spiro atoms. The van der Waals surface area contributed by atoms with Gasteiger partial charge in [-0.25, -0.2) is 10.5 Å². The SMILES string of the molecule is Cc1ccc(-c2ccc(OC3=CC(c4ccc(OC(F)(F)F)cc4)ON3)cn2)o1. The summed E-state index contributed by atoms with van der Waals surface area (Å²) in [5, 5.41) is 0. The third-order valence-electron chi connectivity index (χ3n) is 3.99. The minimum atomic E-state index is -4.73. The lowest BCUT2D eigenvalue weighted by Crippen LogP contribution is -2.17. The van der Waals surface area contributed by atoms with Crippen molar-refractivity contribution < 1.29 is 31.9 Å². The van der Waals surface area contributed by atoms with Crippen molar-refractivity contribution in [1.29, 1.82) is 0 Å². The smallest absolute Gasteiger partial charge is 0.460 e. The van der Waals surface area contributed by atoms with Gasteiger partial charge in [-0.05, 0) is 48.9 Å². The highest BCUT2D eigenvalue weighted by molar-refractivity contribution is 5.52. The zero-order valence-electron chi connectivity index (χ0n) is 15.1. The molecular formula is C20H15F3N2O4. The highest BCUT2D eigenvalue weighted by Crippen LogP contribution is 2.29. The zero-order valence-corrected chi connectivity index (χ0v) is 15.1. The predicted octanol–water partition coefficient (Wildman–Crippen LogP) is 5.04. The molecule has 29 heavy (non-hydrogen) atoms. The van der Waals surface area contributed by atoms with Crippen LogP contribution in [0.4, 0.5) is 13.2 Å². The van der Waals surface area contributed by atoms with Gasteiger partial charge in [0.25, 0.3) is 0 Å². The largest absolute Gasteiger partial charge is 0.573 e. The van der Waals surface area contributed by atoms with E-state index in [0.717, 1.165) is 5.76 Å². The first-order valence-electron chi connectivity index (χ1n) is 8.56. The lowest BCUT2D eigenvalue weighted by molar-refractivity contribution is -0.274. The van der Waals surface area contributed by atoms with E-state index in [9.17, 15) is 13.2 Å². The predicted molar refractivity (Wildman–Crippen MR) is 95.5 cm³/mol. The molecule has 0 fully saturated rings. The number of halogens is 3. The third kappa shape index (κ3) is 4.69. The van der Waals surface area contributed by atoms with Crippen molar-refractivity contribution in [2.75, 3.05) is 0 Å². The molecule has 1 N–H and O–H groups in total. The lowest BCUT2D eigenvalue weighted by Gasteiger charge is -2.11. The number of nitrogens with zero attached hydrogens (tertiary/aromatic N) is 1. The Hall–Kier alpha value is -3.46. The van der Waals surface area contributed by atoms with E-state index in [2.05, 4.69) is 15.2 Å². The molecule has 3 heterocycles. The summed E-state index contributed by atoms with van der Waals surface area (Å²) in [6.07, 6.45) is -2.05. The second kappa shape index (κ2) is 7.51. The summed E-state index contributed by atoms with van der Waals surface area (Å²) >= 11 is 0. The first kappa shape index (κ1) is 18.9. The van der Waals surface area contributed by atoms with Crippen LogP contribution in [0.3, 0.4) is 0 Å². The van der Waals surface area contributed by atoms with Crippen LogP contribution in [0, 0.1) is 6.92 Å². The van der Waals surface area contributed by atoms with Crippen LogP contribution in [-0.2, 0) is 4.84 Å². The number of hydrogen-bond acceptors (Lipinski definition) is 6. The molecule has 1 aromatic carbocycles. The van der Waals surface area contributed by atoms with Gasteiger partial charge in [0.05, 0.1) is 6.20 Å². The van der Waals surface area contributed by atoms with Crippen molar-refractivity contribution in [2.45, 2.75) is 19.4 Å². The maximum atomic E-state index is 12.2. The van der Waals surface area contributed by atoms with E-state index in [4.69, 9.17) is 14.0 Å². The van der Waals surface area contributed by atoms with Crippen LogP contribution in [0.5, 0.6) is 11.5 Å². The summed E-state index contributed by atoms with van der Waals surface area (Å²) in [5.74, 6) is 1.98. The Bertz CT molecular complexity index is 1010. The number of hydrogen-bond donors (Lipinski definition) is 1. The lowest BCUT2D eigenvalue weighted by atomic mass is 10.1. The fourth-order valence-electron chi connectivity index (χ4n) is 2.69. The van der Waals surface area contributed by atoms with E-state index < -0.39 is 12.5 Å². The molecular weight excluding hydrogens is 389 g/mol. The number of furan rings is 1. The van der Waals surface area contributed by atoms with Crippen LogP contribution in [0.1, 0.15) is 17.4 Å². The van der Waals surface area contributed by atoms with E-state index in [-0.39, 0.29) is 5.75 Å². The molecule has 3 aromatic rings. The second-order valence-electron chi connectivity index (χ2n) is 6.18. The normalized spacial score (nSPS) is 16.3. The van der Waals surface area contributed by atoms with Crippen LogP contribution in [0.15, 0.2) is 71.1 Å². The Labute approximate surface area is 163 Å². The Morgan fingerprint density at radius 1 is 1.00 bits per heavy atom. The van der Waals surface area contributed by atoms with Crippen molar-refractivity contribution in [3.63, 3.8) is 0 Å². The van der Waals surface area contributed by atoms with E-state index in [1.54, 1.807) is 24.4 Å². The monoisotopic (exact) mass is 404 g/mol. The highest BCUT2D eigenvalue weighted by atomic mass is 19.4. The van der Waals surface area contributed by atoms with E-state index in [0.29, 0.717) is 28.7 Å². The number of aromatic nitrogens is 1. The van der Waals surface area contributed by atoms with Crippen LogP contribution >= 0.6 is 0 Å². The maximum Gasteiger partial charge on any atom is 0.573 e. The van der Waals surface area contributed by atoms with E-state index in [1.165, 1.54) is 24.3 Å². The molecule has 4 rings (SSSR count). The molecule has 1 atom stereocenters. The van der Waals surface area contributed by atoms with E-state index >= 15 is 0 Å². The van der Waals surface area contributed by atoms with Crippen molar-refractivity contribution in [3.8, 4) is 23.0 Å². The molecule has 0 saturated heterocycles. The minimum absolute atomic E-state index is 0.300. The zero-order chi connectivity index (χ0) is 20.4. The summed E-state index contributed by atoms with van der Waals surface area (Å²) in [6, 6.07) is 12.6. The third-order valence-corrected chi connectivity index (χ3v) is 3.99. The molecule has 1 unspecified atom stereocenters. The molecule has 0 amide bonds. The van der Waals surface area contributed by atoms with Crippen LogP contribution < -0.4 is 15.0 Å². The second-order valence-corrected chi connectivity index (χ2v) is 6.18. The number of rotatable bonds is 5. The van der Waals surface area contributed by atoms with Gasteiger partial charge in [0, 0.05) is 6.08 Å². The quantitative estimate of drug-likeness (QED) is 0.642. The van der Waals surface area contributed by atoms with Crippen LogP contribution in [0.25, 0.3) is 11.5 Å². The maximum absolute atomic E-state index is 12.2. The molecule has 0 aliphatic carbocycles. The number of alkyl halides is 3. The minimum Gasteiger partial charge on any atom is -0.460 e. The highest BCUT2D eigenvalue weighted by Gasteiger charge is 2.31. The van der Waals surface area contributed by atoms with Gasteiger partial charge in [0.15, 0.2) is 5.76 Å². The fourth-order valence-corrected chi connectivity index (χ4v) is 2.69. The van der Waals surface area contributed by atoms with Gasteiger partial charge in [0.1, 0.15) is 29.1 Å². The number of benzene rings is 1. The first-order chi connectivity index (χ1) is 13.9. The number of aryl methyl sites for hydroxylation is 1. The fraction of sp³-hybridized carbons (Fsp3) is 0.150. The molecule has 1 aliphatic heterocycles. The summed E-state index contributed by atoms with van der Waals surface area (Å²) < 4.78 is 51.7. The molecule has 0 radical (unpaired) electrons. The van der Waals surface area contributed by atoms with Gasteiger partial charge < -0.3 is 13.9 Å². The number of ether oxygens (including phenoxy) is 2. The van der Waals surface area contributed by atoms with Crippen molar-refractivity contribution in [3.05, 3.63) is 78.0 Å². The molecule has 0 bridgehead atoms. The average Bonchev–Trinajstić information content (AvgIpc) is 3.31. The molecule has 6 nitrogen and oxygen atoms in total. The van der Waals surface area contributed by atoms with Gasteiger partial charge in [-0.15, -0.1) is 13.2 Å². The van der Waals surface area contributed by atoms with Gasteiger partial charge in [-0.2, -0.15) is 0 Å². The van der Waals surface area contributed by atoms with Crippen molar-refractivity contribution in [1.82, 2.24) is 10.5 Å². The van der Waals surface area contributed by atoms with Gasteiger partial charge >= 0.3 is 6.36 Å². The van der Waals surface area contributed by atoms with Crippen molar-refractivity contribution >= 4 is 0 Å². The number of hydroxylamine groups is 1.